The number of pyridine rings is 2. The number of hydrogen-bond acceptors (Lipinski definition) is 10. The SMILES string of the molecule is CC(C)(C)OC(=O)N(C(=O)c1ccc(Br)c(C(Cc2ccc(-c3ccccc3)nn2)NS(=O)(=O)c2cccnc2)n1)C(C(=O)O)C(C)(C)C. The molecule has 4 rings (SSSR count). The fraction of sp³-hybridized carbons (Fsp3) is 0.324. The molecule has 0 saturated carbocycles. The zero-order chi connectivity index (χ0) is 36.1. The summed E-state index contributed by atoms with van der Waals surface area (Å²) in [5.41, 5.74) is -0.564. The number of carbonyl (C=O) groups is 3. The van der Waals surface area contributed by atoms with Crippen LogP contribution in [0.15, 0.2) is 88.5 Å². The second kappa shape index (κ2) is 14.9. The molecule has 3 aromatic heterocycles. The fourth-order valence-corrected chi connectivity index (χ4v) is 6.49. The Balaban J connectivity index is 1.80. The minimum absolute atomic E-state index is 0.0552. The Hall–Kier alpha value is -4.60. The van der Waals surface area contributed by atoms with Gasteiger partial charge in [0.05, 0.1) is 23.1 Å². The third-order valence-electron chi connectivity index (χ3n) is 6.99. The first-order valence-corrected chi connectivity index (χ1v) is 17.4. The molecule has 0 aliphatic rings. The van der Waals surface area contributed by atoms with E-state index in [4.69, 9.17) is 4.74 Å². The first-order chi connectivity index (χ1) is 22.9. The standard InChI is InChI=1S/C34H37BrN6O7S/c1-33(2,3)29(31(43)44)41(32(45)48-34(4,5)6)30(42)26-17-15-24(35)28(37-26)27(40-49(46,47)23-13-10-18-36-20-23)19-22-14-16-25(39-38-22)21-11-8-7-9-12-21/h7-18,20,27,29,40H,19H2,1-6H3,(H,43,44). The number of benzene rings is 1. The molecular formula is C34H37BrN6O7S. The van der Waals surface area contributed by atoms with Crippen LogP contribution in [0.4, 0.5) is 4.79 Å². The zero-order valence-corrected chi connectivity index (χ0v) is 30.2. The Morgan fingerprint density at radius 1 is 0.939 bits per heavy atom. The van der Waals surface area contributed by atoms with Crippen LogP contribution in [-0.2, 0) is 26.0 Å². The van der Waals surface area contributed by atoms with Gasteiger partial charge in [0.15, 0.2) is 0 Å². The molecule has 2 N–H and O–H groups in total. The van der Waals surface area contributed by atoms with Crippen molar-refractivity contribution < 1.29 is 32.6 Å². The minimum Gasteiger partial charge on any atom is -0.480 e. The third kappa shape index (κ3) is 9.52. The van der Waals surface area contributed by atoms with Crippen LogP contribution >= 0.6 is 15.9 Å². The maximum Gasteiger partial charge on any atom is 0.418 e. The summed E-state index contributed by atoms with van der Waals surface area (Å²) >= 11 is 3.43. The van der Waals surface area contributed by atoms with E-state index in [1.807, 2.05) is 30.3 Å². The molecule has 0 spiro atoms. The van der Waals surface area contributed by atoms with Crippen molar-refractivity contribution >= 4 is 43.9 Å². The molecule has 0 aliphatic heterocycles. The molecular weight excluding hydrogens is 716 g/mol. The average molecular weight is 754 g/mol. The van der Waals surface area contributed by atoms with Crippen molar-refractivity contribution in [2.24, 2.45) is 5.41 Å². The van der Waals surface area contributed by atoms with Gasteiger partial charge in [0.1, 0.15) is 22.2 Å². The van der Waals surface area contributed by atoms with Crippen LogP contribution in [0.2, 0.25) is 0 Å². The smallest absolute Gasteiger partial charge is 0.418 e. The lowest BCUT2D eigenvalue weighted by Gasteiger charge is -2.36. The molecule has 3 heterocycles. The van der Waals surface area contributed by atoms with Gasteiger partial charge in [0, 0.05) is 28.9 Å². The molecule has 0 aliphatic carbocycles. The van der Waals surface area contributed by atoms with Crippen LogP contribution in [0.5, 0.6) is 0 Å². The highest BCUT2D eigenvalue weighted by Gasteiger charge is 2.45. The van der Waals surface area contributed by atoms with Crippen LogP contribution in [0.25, 0.3) is 11.3 Å². The Kier molecular flexibility index (Phi) is 11.3. The number of carbonyl (C=O) groups excluding carboxylic acids is 2. The van der Waals surface area contributed by atoms with E-state index in [2.05, 4.69) is 40.8 Å². The summed E-state index contributed by atoms with van der Waals surface area (Å²) in [6.45, 7) is 9.48. The number of rotatable bonds is 10. The van der Waals surface area contributed by atoms with E-state index in [1.54, 1.807) is 53.7 Å². The molecule has 0 saturated heterocycles. The largest absolute Gasteiger partial charge is 0.480 e. The number of aromatic nitrogens is 4. The van der Waals surface area contributed by atoms with Crippen LogP contribution in [0.3, 0.4) is 0 Å². The molecule has 15 heteroatoms. The number of nitrogens with zero attached hydrogens (tertiary/aromatic N) is 5. The third-order valence-corrected chi connectivity index (χ3v) is 9.12. The number of imide groups is 1. The molecule has 0 fully saturated rings. The number of aliphatic carboxylic acids is 1. The number of ether oxygens (including phenoxy) is 1. The van der Waals surface area contributed by atoms with Gasteiger partial charge in [-0.2, -0.15) is 10.2 Å². The van der Waals surface area contributed by atoms with Crippen LogP contribution < -0.4 is 4.72 Å². The summed E-state index contributed by atoms with van der Waals surface area (Å²) < 4.78 is 35.5. The Morgan fingerprint density at radius 3 is 2.18 bits per heavy atom. The van der Waals surface area contributed by atoms with E-state index >= 15 is 0 Å². The van der Waals surface area contributed by atoms with Gasteiger partial charge >= 0.3 is 12.1 Å². The van der Waals surface area contributed by atoms with Gasteiger partial charge in [0.2, 0.25) is 10.0 Å². The Labute approximate surface area is 293 Å². The second-order valence-electron chi connectivity index (χ2n) is 13.2. The number of hydrogen-bond donors (Lipinski definition) is 2. The number of halogens is 1. The Bertz CT molecular complexity index is 1910. The van der Waals surface area contributed by atoms with Crippen LogP contribution in [0, 0.1) is 5.41 Å². The predicted octanol–water partition coefficient (Wildman–Crippen LogP) is 5.84. The first kappa shape index (κ1) is 37.2. The van der Waals surface area contributed by atoms with E-state index in [9.17, 15) is 27.9 Å². The quantitative estimate of drug-likeness (QED) is 0.199. The van der Waals surface area contributed by atoms with Crippen molar-refractivity contribution in [3.63, 3.8) is 0 Å². The molecule has 2 atom stereocenters. The summed E-state index contributed by atoms with van der Waals surface area (Å²) in [5.74, 6) is -2.48. The number of amides is 2. The van der Waals surface area contributed by atoms with Crippen molar-refractivity contribution in [2.75, 3.05) is 0 Å². The molecule has 258 valence electrons. The van der Waals surface area contributed by atoms with Crippen LogP contribution in [-0.4, -0.2) is 68.2 Å². The Morgan fingerprint density at radius 2 is 1.63 bits per heavy atom. The predicted molar refractivity (Wildman–Crippen MR) is 184 cm³/mol. The van der Waals surface area contributed by atoms with Gasteiger partial charge in [-0.25, -0.2) is 32.6 Å². The lowest BCUT2D eigenvalue weighted by molar-refractivity contribution is -0.146. The van der Waals surface area contributed by atoms with Crippen molar-refractivity contribution in [3.8, 4) is 11.3 Å². The average Bonchev–Trinajstić information content (AvgIpc) is 3.02. The molecule has 13 nitrogen and oxygen atoms in total. The number of carboxylic acids is 1. The molecule has 0 radical (unpaired) electrons. The molecule has 4 aromatic rings. The van der Waals surface area contributed by atoms with Crippen molar-refractivity contribution in [3.05, 3.63) is 101 Å². The van der Waals surface area contributed by atoms with E-state index in [0.29, 0.717) is 20.8 Å². The second-order valence-corrected chi connectivity index (χ2v) is 15.7. The summed E-state index contributed by atoms with van der Waals surface area (Å²) in [6.07, 6.45) is 1.40. The maximum absolute atomic E-state index is 14.1. The van der Waals surface area contributed by atoms with Gasteiger partial charge in [-0.1, -0.05) is 51.1 Å². The van der Waals surface area contributed by atoms with Gasteiger partial charge in [-0.15, -0.1) is 0 Å². The molecule has 2 unspecified atom stereocenters. The van der Waals surface area contributed by atoms with E-state index in [0.717, 1.165) is 5.56 Å². The number of nitrogens with one attached hydrogen (secondary N) is 1. The molecule has 1 aromatic carbocycles. The van der Waals surface area contributed by atoms with E-state index in [-0.39, 0.29) is 22.7 Å². The molecule has 49 heavy (non-hydrogen) atoms. The number of carboxylic acid groups (broad SMARTS) is 1. The normalized spacial score (nSPS) is 13.3. The van der Waals surface area contributed by atoms with Crippen LogP contribution in [0.1, 0.15) is 69.5 Å². The molecule has 2 amide bonds. The summed E-state index contributed by atoms with van der Waals surface area (Å²) in [7, 11) is -4.19. The summed E-state index contributed by atoms with van der Waals surface area (Å²) in [5, 5.41) is 18.8. The fourth-order valence-electron chi connectivity index (χ4n) is 4.83. The van der Waals surface area contributed by atoms with Crippen molar-refractivity contribution in [1.82, 2.24) is 29.8 Å². The van der Waals surface area contributed by atoms with E-state index < -0.39 is 51.1 Å². The lowest BCUT2D eigenvalue weighted by Crippen LogP contribution is -2.56. The van der Waals surface area contributed by atoms with E-state index in [1.165, 1.54) is 36.7 Å². The van der Waals surface area contributed by atoms with Gasteiger partial charge in [-0.05, 0) is 78.5 Å². The summed E-state index contributed by atoms with van der Waals surface area (Å²) in [6, 6.07) is 15.7. The van der Waals surface area contributed by atoms with Crippen molar-refractivity contribution in [2.45, 2.75) is 70.5 Å². The van der Waals surface area contributed by atoms with Gasteiger partial charge in [-0.3, -0.25) is 9.78 Å². The highest BCUT2D eigenvalue weighted by Crippen LogP contribution is 2.31. The zero-order valence-electron chi connectivity index (χ0n) is 27.8. The maximum atomic E-state index is 14.1. The summed E-state index contributed by atoms with van der Waals surface area (Å²) in [4.78, 5) is 48.9. The molecule has 0 bridgehead atoms. The monoisotopic (exact) mass is 752 g/mol. The highest BCUT2D eigenvalue weighted by molar-refractivity contribution is 9.10. The lowest BCUT2D eigenvalue weighted by atomic mass is 9.85. The highest BCUT2D eigenvalue weighted by atomic mass is 79.9. The minimum atomic E-state index is -4.19. The first-order valence-electron chi connectivity index (χ1n) is 15.1. The van der Waals surface area contributed by atoms with Crippen molar-refractivity contribution in [1.29, 1.82) is 0 Å². The van der Waals surface area contributed by atoms with Gasteiger partial charge < -0.3 is 9.84 Å². The van der Waals surface area contributed by atoms with Gasteiger partial charge in [0.25, 0.3) is 5.91 Å². The topological polar surface area (TPSA) is 182 Å². The number of sulfonamides is 1.